The monoisotopic (exact) mass is 291 g/mol. The maximum absolute atomic E-state index is 12.3. The van der Waals surface area contributed by atoms with Crippen molar-refractivity contribution in [1.29, 1.82) is 0 Å². The predicted octanol–water partition coefficient (Wildman–Crippen LogP) is 1.88. The second kappa shape index (κ2) is 5.68. The van der Waals surface area contributed by atoms with Crippen molar-refractivity contribution >= 4 is 10.0 Å². The van der Waals surface area contributed by atoms with Crippen LogP contribution in [0.15, 0.2) is 35.5 Å². The summed E-state index contributed by atoms with van der Waals surface area (Å²) < 4.78 is 27.2. The summed E-state index contributed by atoms with van der Waals surface area (Å²) in [6, 6.07) is 7.12. The van der Waals surface area contributed by atoms with Crippen LogP contribution in [0.25, 0.3) is 0 Å². The topological polar surface area (TPSA) is 72.0 Å². The summed E-state index contributed by atoms with van der Waals surface area (Å²) in [7, 11) is -3.53. The van der Waals surface area contributed by atoms with Crippen LogP contribution in [0.4, 0.5) is 0 Å². The summed E-state index contributed by atoms with van der Waals surface area (Å²) in [6.07, 6.45) is 1.43. The van der Waals surface area contributed by atoms with Gasteiger partial charge in [0.2, 0.25) is 10.0 Å². The second-order valence-corrected chi connectivity index (χ2v) is 6.48. The number of aryl methyl sites for hydroxylation is 3. The summed E-state index contributed by atoms with van der Waals surface area (Å²) in [6.45, 7) is 5.64. The van der Waals surface area contributed by atoms with Gasteiger partial charge in [0.15, 0.2) is 0 Å². The summed E-state index contributed by atoms with van der Waals surface area (Å²) in [4.78, 5) is 8.33. The number of rotatable bonds is 4. The van der Waals surface area contributed by atoms with Crippen molar-refractivity contribution in [1.82, 2.24) is 14.7 Å². The number of hydrogen-bond acceptors (Lipinski definition) is 4. The lowest BCUT2D eigenvalue weighted by Crippen LogP contribution is -2.24. The Morgan fingerprint density at radius 1 is 1.10 bits per heavy atom. The number of nitrogens with one attached hydrogen (secondary N) is 1. The standard InChI is InChI=1S/C14H17N3O2S/c1-10-4-5-11(2)14(6-10)20(18,19)17-8-13-7-12(3)15-9-16-13/h4-7,9,17H,8H2,1-3H3. The van der Waals surface area contributed by atoms with Crippen molar-refractivity contribution in [3.8, 4) is 0 Å². The number of hydrogen-bond donors (Lipinski definition) is 1. The lowest BCUT2D eigenvalue weighted by molar-refractivity contribution is 0.579. The predicted molar refractivity (Wildman–Crippen MR) is 76.7 cm³/mol. The summed E-state index contributed by atoms with van der Waals surface area (Å²) in [5, 5.41) is 0. The molecule has 0 fully saturated rings. The zero-order chi connectivity index (χ0) is 14.8. The number of sulfonamides is 1. The van der Waals surface area contributed by atoms with Crippen molar-refractivity contribution < 1.29 is 8.42 Å². The molecule has 0 aliphatic rings. The molecule has 0 radical (unpaired) electrons. The van der Waals surface area contributed by atoms with E-state index in [2.05, 4.69) is 14.7 Å². The highest BCUT2D eigenvalue weighted by Gasteiger charge is 2.16. The normalized spacial score (nSPS) is 11.6. The molecule has 2 rings (SSSR count). The Morgan fingerprint density at radius 3 is 2.55 bits per heavy atom. The van der Waals surface area contributed by atoms with E-state index < -0.39 is 10.0 Å². The average molecular weight is 291 g/mol. The molecule has 0 atom stereocenters. The molecule has 0 amide bonds. The second-order valence-electron chi connectivity index (χ2n) is 4.74. The summed E-state index contributed by atoms with van der Waals surface area (Å²) in [5.74, 6) is 0. The van der Waals surface area contributed by atoms with E-state index in [9.17, 15) is 8.42 Å². The highest BCUT2D eigenvalue weighted by atomic mass is 32.2. The molecular formula is C14H17N3O2S. The van der Waals surface area contributed by atoms with Gasteiger partial charge in [-0.05, 0) is 44.0 Å². The molecule has 0 saturated heterocycles. The van der Waals surface area contributed by atoms with Gasteiger partial charge in [-0.2, -0.15) is 0 Å². The third-order valence-corrected chi connectivity index (χ3v) is 4.48. The van der Waals surface area contributed by atoms with Crippen LogP contribution in [0.3, 0.4) is 0 Å². The van der Waals surface area contributed by atoms with E-state index in [-0.39, 0.29) is 6.54 Å². The molecule has 0 saturated carbocycles. The summed E-state index contributed by atoms with van der Waals surface area (Å²) in [5.41, 5.74) is 3.09. The number of nitrogens with zero attached hydrogens (tertiary/aromatic N) is 2. The maximum Gasteiger partial charge on any atom is 0.241 e. The van der Waals surface area contributed by atoms with Gasteiger partial charge in [0.25, 0.3) is 0 Å². The van der Waals surface area contributed by atoms with Gasteiger partial charge in [0.05, 0.1) is 17.1 Å². The van der Waals surface area contributed by atoms with Crippen molar-refractivity contribution in [3.05, 3.63) is 53.1 Å². The minimum Gasteiger partial charge on any atom is -0.242 e. The van der Waals surface area contributed by atoms with E-state index in [1.54, 1.807) is 25.1 Å². The fourth-order valence-electron chi connectivity index (χ4n) is 1.85. The van der Waals surface area contributed by atoms with Gasteiger partial charge in [0.1, 0.15) is 6.33 Å². The van der Waals surface area contributed by atoms with Crippen LogP contribution in [0, 0.1) is 20.8 Å². The lowest BCUT2D eigenvalue weighted by Gasteiger charge is -2.10. The van der Waals surface area contributed by atoms with E-state index in [4.69, 9.17) is 0 Å². The SMILES string of the molecule is Cc1ccc(C)c(S(=O)(=O)NCc2cc(C)ncn2)c1. The van der Waals surface area contributed by atoms with E-state index >= 15 is 0 Å². The van der Waals surface area contributed by atoms with Crippen LogP contribution in [-0.2, 0) is 16.6 Å². The van der Waals surface area contributed by atoms with Crippen molar-refractivity contribution in [2.75, 3.05) is 0 Å². The fourth-order valence-corrected chi connectivity index (χ4v) is 3.18. The molecule has 0 spiro atoms. The van der Waals surface area contributed by atoms with Gasteiger partial charge in [-0.1, -0.05) is 12.1 Å². The van der Waals surface area contributed by atoms with Crippen LogP contribution in [0.5, 0.6) is 0 Å². The molecule has 1 aromatic heterocycles. The molecule has 6 heteroatoms. The van der Waals surface area contributed by atoms with Crippen molar-refractivity contribution in [2.24, 2.45) is 0 Å². The highest BCUT2D eigenvalue weighted by molar-refractivity contribution is 7.89. The van der Waals surface area contributed by atoms with Gasteiger partial charge < -0.3 is 0 Å². The molecule has 0 unspecified atom stereocenters. The smallest absolute Gasteiger partial charge is 0.241 e. The molecule has 1 heterocycles. The van der Waals surface area contributed by atoms with Gasteiger partial charge in [-0.15, -0.1) is 0 Å². The number of benzene rings is 1. The minimum absolute atomic E-state index is 0.152. The first-order chi connectivity index (χ1) is 9.38. The molecule has 0 aliphatic heterocycles. The lowest BCUT2D eigenvalue weighted by atomic mass is 10.2. The van der Waals surface area contributed by atoms with E-state index in [0.717, 1.165) is 16.8 Å². The molecule has 106 valence electrons. The van der Waals surface area contributed by atoms with Crippen LogP contribution in [-0.4, -0.2) is 18.4 Å². The van der Waals surface area contributed by atoms with E-state index in [1.807, 2.05) is 19.9 Å². The summed E-state index contributed by atoms with van der Waals surface area (Å²) >= 11 is 0. The highest BCUT2D eigenvalue weighted by Crippen LogP contribution is 2.16. The van der Waals surface area contributed by atoms with Gasteiger partial charge in [0, 0.05) is 5.69 Å². The van der Waals surface area contributed by atoms with Crippen molar-refractivity contribution in [2.45, 2.75) is 32.2 Å². The van der Waals surface area contributed by atoms with Crippen LogP contribution >= 0.6 is 0 Å². The zero-order valence-corrected chi connectivity index (χ0v) is 12.5. The molecule has 0 aliphatic carbocycles. The molecule has 1 aromatic carbocycles. The Bertz CT molecular complexity index is 727. The van der Waals surface area contributed by atoms with Crippen LogP contribution < -0.4 is 4.72 Å². The van der Waals surface area contributed by atoms with Crippen molar-refractivity contribution in [3.63, 3.8) is 0 Å². The Morgan fingerprint density at radius 2 is 1.85 bits per heavy atom. The molecule has 20 heavy (non-hydrogen) atoms. The Labute approximate surface area is 119 Å². The first-order valence-electron chi connectivity index (χ1n) is 6.23. The first-order valence-corrected chi connectivity index (χ1v) is 7.71. The molecule has 2 aromatic rings. The first kappa shape index (κ1) is 14.6. The third kappa shape index (κ3) is 3.40. The van der Waals surface area contributed by atoms with E-state index in [0.29, 0.717) is 10.6 Å². The Kier molecular flexibility index (Phi) is 4.15. The number of aromatic nitrogens is 2. The maximum atomic E-state index is 12.3. The fraction of sp³-hybridized carbons (Fsp3) is 0.286. The quantitative estimate of drug-likeness (QED) is 0.933. The molecule has 0 bridgehead atoms. The van der Waals surface area contributed by atoms with Gasteiger partial charge in [-0.25, -0.2) is 23.1 Å². The molecular weight excluding hydrogens is 274 g/mol. The average Bonchev–Trinajstić information content (AvgIpc) is 2.39. The third-order valence-electron chi connectivity index (χ3n) is 2.94. The zero-order valence-electron chi connectivity index (χ0n) is 11.7. The van der Waals surface area contributed by atoms with E-state index in [1.165, 1.54) is 6.33 Å². The largest absolute Gasteiger partial charge is 0.242 e. The van der Waals surface area contributed by atoms with Crippen LogP contribution in [0.1, 0.15) is 22.5 Å². The van der Waals surface area contributed by atoms with Crippen LogP contribution in [0.2, 0.25) is 0 Å². The molecule has 5 nitrogen and oxygen atoms in total. The Balaban J connectivity index is 2.21. The minimum atomic E-state index is -3.53. The molecule has 1 N–H and O–H groups in total. The Hall–Kier alpha value is -1.79. The van der Waals surface area contributed by atoms with Gasteiger partial charge >= 0.3 is 0 Å². The van der Waals surface area contributed by atoms with Gasteiger partial charge in [-0.3, -0.25) is 0 Å².